The van der Waals surface area contributed by atoms with E-state index in [4.69, 9.17) is 0 Å². The van der Waals surface area contributed by atoms with E-state index in [1.807, 2.05) is 0 Å². The van der Waals surface area contributed by atoms with Crippen molar-refractivity contribution in [1.29, 1.82) is 0 Å². The number of ketones is 1. The van der Waals surface area contributed by atoms with Gasteiger partial charge in [0.05, 0.1) is 18.5 Å². The number of imide groups is 1. The van der Waals surface area contributed by atoms with Gasteiger partial charge in [-0.2, -0.15) is 0 Å². The van der Waals surface area contributed by atoms with Gasteiger partial charge in [-0.25, -0.2) is 13.2 Å². The van der Waals surface area contributed by atoms with Gasteiger partial charge in [0.2, 0.25) is 10.0 Å². The summed E-state index contributed by atoms with van der Waals surface area (Å²) < 4.78 is 25.0. The molecule has 3 aliphatic rings. The zero-order chi connectivity index (χ0) is 21.0. The second kappa shape index (κ2) is 6.83. The van der Waals surface area contributed by atoms with E-state index in [2.05, 4.69) is 12.2 Å². The van der Waals surface area contributed by atoms with E-state index in [0.29, 0.717) is 43.0 Å². The number of hydrogen-bond donors (Lipinski definition) is 1. The van der Waals surface area contributed by atoms with Crippen LogP contribution in [0.1, 0.15) is 48.5 Å². The molecule has 156 valence electrons. The van der Waals surface area contributed by atoms with Crippen molar-refractivity contribution in [2.75, 3.05) is 23.7 Å². The number of carbonyl (C=O) groups is 3. The van der Waals surface area contributed by atoms with E-state index >= 15 is 0 Å². The van der Waals surface area contributed by atoms with E-state index in [0.717, 1.165) is 29.6 Å². The summed E-state index contributed by atoms with van der Waals surface area (Å²) in [5.74, 6) is -0.124. The van der Waals surface area contributed by atoms with Gasteiger partial charge in [-0.15, -0.1) is 0 Å². The Hall–Kier alpha value is -2.42. The van der Waals surface area contributed by atoms with Gasteiger partial charge < -0.3 is 5.32 Å². The van der Waals surface area contributed by atoms with Crippen molar-refractivity contribution in [3.05, 3.63) is 29.3 Å². The van der Waals surface area contributed by atoms with Crippen LogP contribution in [0.5, 0.6) is 0 Å². The highest BCUT2D eigenvalue weighted by molar-refractivity contribution is 7.92. The molecule has 4 rings (SSSR count). The number of anilines is 1. The summed E-state index contributed by atoms with van der Waals surface area (Å²) >= 11 is 0. The summed E-state index contributed by atoms with van der Waals surface area (Å²) in [7, 11) is -3.36. The maximum atomic E-state index is 12.9. The minimum absolute atomic E-state index is 0.309. The first-order valence-electron chi connectivity index (χ1n) is 9.89. The van der Waals surface area contributed by atoms with Crippen LogP contribution in [0.4, 0.5) is 10.5 Å². The molecule has 1 N–H and O–H groups in total. The van der Waals surface area contributed by atoms with E-state index in [1.165, 1.54) is 4.31 Å². The minimum atomic E-state index is -3.36. The molecular formula is C20H25N3O5S. The lowest BCUT2D eigenvalue weighted by atomic mass is 9.77. The molecule has 2 fully saturated rings. The van der Waals surface area contributed by atoms with Gasteiger partial charge in [-0.3, -0.25) is 18.8 Å². The van der Waals surface area contributed by atoms with Crippen LogP contribution in [0, 0.1) is 5.92 Å². The quantitative estimate of drug-likeness (QED) is 0.591. The van der Waals surface area contributed by atoms with E-state index in [9.17, 15) is 22.8 Å². The fourth-order valence-electron chi connectivity index (χ4n) is 4.54. The molecule has 0 atom stereocenters. The molecule has 1 spiro atoms. The highest BCUT2D eigenvalue weighted by Gasteiger charge is 2.52. The van der Waals surface area contributed by atoms with Crippen molar-refractivity contribution in [1.82, 2.24) is 10.2 Å². The molecule has 2 aliphatic heterocycles. The van der Waals surface area contributed by atoms with Gasteiger partial charge in [0.25, 0.3) is 5.91 Å². The van der Waals surface area contributed by atoms with Crippen LogP contribution in [-0.2, 0) is 21.2 Å². The molecule has 1 aromatic carbocycles. The van der Waals surface area contributed by atoms with Gasteiger partial charge in [0.1, 0.15) is 5.54 Å². The molecule has 1 saturated heterocycles. The monoisotopic (exact) mass is 419 g/mol. The molecule has 9 heteroatoms. The van der Waals surface area contributed by atoms with Crippen LogP contribution >= 0.6 is 0 Å². The van der Waals surface area contributed by atoms with Gasteiger partial charge >= 0.3 is 6.03 Å². The Bertz CT molecular complexity index is 995. The highest BCUT2D eigenvalue weighted by atomic mass is 32.2. The van der Waals surface area contributed by atoms with E-state index < -0.39 is 21.6 Å². The van der Waals surface area contributed by atoms with Gasteiger partial charge in [0.15, 0.2) is 5.78 Å². The van der Waals surface area contributed by atoms with Gasteiger partial charge in [-0.05, 0) is 61.8 Å². The average Bonchev–Trinajstić information content (AvgIpc) is 3.19. The molecule has 3 amide bonds. The van der Waals surface area contributed by atoms with Crippen LogP contribution in [0.25, 0.3) is 0 Å². The summed E-state index contributed by atoms with van der Waals surface area (Å²) in [4.78, 5) is 39.1. The predicted molar refractivity (Wildman–Crippen MR) is 107 cm³/mol. The third-order valence-corrected chi connectivity index (χ3v) is 7.51. The maximum absolute atomic E-state index is 12.9. The number of fused-ring (bicyclic) bond motifs is 1. The summed E-state index contributed by atoms with van der Waals surface area (Å²) in [6, 6.07) is 4.33. The zero-order valence-corrected chi connectivity index (χ0v) is 17.4. The second-order valence-corrected chi connectivity index (χ2v) is 10.3. The van der Waals surface area contributed by atoms with Crippen molar-refractivity contribution >= 4 is 33.4 Å². The van der Waals surface area contributed by atoms with E-state index in [1.54, 1.807) is 18.2 Å². The Morgan fingerprint density at radius 3 is 2.59 bits per heavy atom. The lowest BCUT2D eigenvalue weighted by Gasteiger charge is -2.33. The van der Waals surface area contributed by atoms with Crippen molar-refractivity contribution in [2.45, 2.75) is 44.6 Å². The number of carbonyl (C=O) groups excluding carboxylic acids is 3. The fraction of sp³-hybridized carbons (Fsp3) is 0.550. The Morgan fingerprint density at radius 2 is 1.93 bits per heavy atom. The number of amides is 3. The van der Waals surface area contributed by atoms with Crippen molar-refractivity contribution in [3.63, 3.8) is 0 Å². The lowest BCUT2D eigenvalue weighted by Crippen LogP contribution is -2.49. The standard InChI is InChI=1S/C20H25N3O5S/c1-13-5-8-20(9-6-13)18(25)22(19(26)21-20)12-17(24)15-3-4-16-14(11-15)7-10-23(16)29(2,27)28/h3-4,11,13H,5-10,12H2,1-2H3,(H,21,26). The molecule has 0 bridgehead atoms. The van der Waals surface area contributed by atoms with Crippen LogP contribution in [0.15, 0.2) is 18.2 Å². The molecule has 1 aliphatic carbocycles. The third kappa shape index (κ3) is 3.41. The Labute approximate surface area is 170 Å². The molecular weight excluding hydrogens is 394 g/mol. The number of hydrogen-bond acceptors (Lipinski definition) is 5. The topological polar surface area (TPSA) is 104 Å². The van der Waals surface area contributed by atoms with Crippen molar-refractivity contribution in [2.24, 2.45) is 5.92 Å². The molecule has 29 heavy (non-hydrogen) atoms. The number of Topliss-reactive ketones (excluding diaryl/α,β-unsaturated/α-hetero) is 1. The molecule has 8 nitrogen and oxygen atoms in total. The zero-order valence-electron chi connectivity index (χ0n) is 16.6. The Balaban J connectivity index is 1.50. The molecule has 1 saturated carbocycles. The second-order valence-electron chi connectivity index (χ2n) is 8.44. The molecule has 1 aromatic rings. The number of urea groups is 1. The van der Waals surface area contributed by atoms with E-state index in [-0.39, 0.29) is 18.2 Å². The van der Waals surface area contributed by atoms with Crippen molar-refractivity contribution < 1.29 is 22.8 Å². The summed E-state index contributed by atoms with van der Waals surface area (Å²) in [6.07, 6.45) is 4.62. The largest absolute Gasteiger partial charge is 0.325 e. The van der Waals surface area contributed by atoms with Crippen LogP contribution in [0.2, 0.25) is 0 Å². The number of sulfonamides is 1. The number of benzene rings is 1. The first-order valence-corrected chi connectivity index (χ1v) is 11.7. The summed E-state index contributed by atoms with van der Waals surface area (Å²) in [5.41, 5.74) is 0.862. The summed E-state index contributed by atoms with van der Waals surface area (Å²) in [6.45, 7) is 2.17. The fourth-order valence-corrected chi connectivity index (χ4v) is 5.50. The molecule has 2 heterocycles. The molecule has 0 radical (unpaired) electrons. The lowest BCUT2D eigenvalue weighted by molar-refractivity contribution is -0.132. The number of nitrogens with one attached hydrogen (secondary N) is 1. The minimum Gasteiger partial charge on any atom is -0.323 e. The number of nitrogens with zero attached hydrogens (tertiary/aromatic N) is 2. The maximum Gasteiger partial charge on any atom is 0.325 e. The van der Waals surface area contributed by atoms with Gasteiger partial charge in [-0.1, -0.05) is 6.92 Å². The third-order valence-electron chi connectivity index (χ3n) is 6.33. The first-order chi connectivity index (χ1) is 13.6. The van der Waals surface area contributed by atoms with Crippen molar-refractivity contribution in [3.8, 4) is 0 Å². The number of rotatable bonds is 4. The Morgan fingerprint density at radius 1 is 1.24 bits per heavy atom. The smallest absolute Gasteiger partial charge is 0.323 e. The highest BCUT2D eigenvalue weighted by Crippen LogP contribution is 2.36. The Kier molecular flexibility index (Phi) is 4.68. The summed E-state index contributed by atoms with van der Waals surface area (Å²) in [5, 5.41) is 2.82. The predicted octanol–water partition coefficient (Wildman–Crippen LogP) is 1.69. The SMILES string of the molecule is CC1CCC2(CC1)NC(=O)N(CC(=O)c1ccc3c(c1)CCN3S(C)(=O)=O)C2=O. The van der Waals surface area contributed by atoms with Crippen LogP contribution in [-0.4, -0.2) is 55.9 Å². The first kappa shape index (κ1) is 19.9. The normalized spacial score (nSPS) is 26.8. The van der Waals surface area contributed by atoms with Gasteiger partial charge in [0, 0.05) is 12.1 Å². The van der Waals surface area contributed by atoms with Crippen LogP contribution < -0.4 is 9.62 Å². The van der Waals surface area contributed by atoms with Crippen LogP contribution in [0.3, 0.4) is 0 Å². The molecule has 0 aromatic heterocycles. The molecule has 0 unspecified atom stereocenters. The average molecular weight is 420 g/mol.